The summed E-state index contributed by atoms with van der Waals surface area (Å²) < 4.78 is 56.5. The van der Waals surface area contributed by atoms with Crippen molar-refractivity contribution in [2.24, 2.45) is 4.90 Å². The largest absolute Gasteiger partial charge is 0.516 e. The number of rotatable bonds is 1. The summed E-state index contributed by atoms with van der Waals surface area (Å²) in [5, 5.41) is 1.51. The van der Waals surface area contributed by atoms with Crippen LogP contribution in [0.5, 0.6) is 0 Å². The van der Waals surface area contributed by atoms with Crippen molar-refractivity contribution < 1.29 is 21.6 Å². The van der Waals surface area contributed by atoms with Gasteiger partial charge < -0.3 is 10.1 Å². The molecule has 0 aliphatic carbocycles. The highest BCUT2D eigenvalue weighted by Gasteiger charge is 2.46. The number of hydrogen-bond donors (Lipinski definition) is 2. The molecule has 0 saturated heterocycles. The molecule has 0 bridgehead atoms. The van der Waals surface area contributed by atoms with E-state index in [-0.39, 0.29) is 0 Å². The van der Waals surface area contributed by atoms with Gasteiger partial charge in [0.25, 0.3) is 7.98 Å². The van der Waals surface area contributed by atoms with E-state index in [2.05, 4.69) is 20.9 Å². The Bertz CT molecular complexity index is 298. The summed E-state index contributed by atoms with van der Waals surface area (Å²) in [5.41, 5.74) is -5.44. The summed E-state index contributed by atoms with van der Waals surface area (Å²) in [6, 6.07) is 0. The normalized spacial score (nSPS) is 13.9. The molecule has 0 spiro atoms. The molecule has 70 valence electrons. The van der Waals surface area contributed by atoms with E-state index in [1.807, 2.05) is 0 Å². The number of nitrogens with zero attached hydrogens (tertiary/aromatic N) is 1. The van der Waals surface area contributed by atoms with E-state index in [4.69, 9.17) is 0 Å². The Labute approximate surface area is 74.7 Å². The first kappa shape index (κ1) is 12.1. The fourth-order valence-electron chi connectivity index (χ4n) is 0.278. The maximum absolute atomic E-state index is 11.7. The molecule has 0 unspecified atom stereocenters. The van der Waals surface area contributed by atoms with Crippen molar-refractivity contribution in [2.75, 3.05) is 0 Å². The van der Waals surface area contributed by atoms with E-state index in [1.54, 1.807) is 0 Å². The van der Waals surface area contributed by atoms with E-state index < -0.39 is 21.5 Å². The lowest BCUT2D eigenvalue weighted by Gasteiger charge is -2.11. The van der Waals surface area contributed by atoms with Crippen molar-refractivity contribution in [1.82, 2.24) is 9.95 Å². The lowest BCUT2D eigenvalue weighted by Crippen LogP contribution is -2.45. The molecule has 11 heteroatoms. The number of guanidine groups is 1. The highest BCUT2D eigenvalue weighted by atomic mass is 32.2. The van der Waals surface area contributed by atoms with Crippen LogP contribution >= 0.6 is 0 Å². The second-order valence-corrected chi connectivity index (χ2v) is 3.35. The van der Waals surface area contributed by atoms with Gasteiger partial charge in [-0.2, -0.15) is 21.6 Å². The summed E-state index contributed by atoms with van der Waals surface area (Å²) in [7, 11) is 3.54. The molecule has 13 heavy (non-hydrogen) atoms. The number of hydrogen-bond acceptors (Lipinski definition) is 3. The molecule has 0 fully saturated rings. The van der Waals surface area contributed by atoms with Crippen LogP contribution in [0.1, 0.15) is 0 Å². The van der Waals surface area contributed by atoms with Gasteiger partial charge >= 0.3 is 15.5 Å². The van der Waals surface area contributed by atoms with Crippen molar-refractivity contribution in [3.63, 3.8) is 0 Å². The minimum Gasteiger partial charge on any atom is -0.410 e. The lowest BCUT2D eigenvalue weighted by atomic mass is 10.4. The molecule has 0 aromatic heterocycles. The molecule has 4 radical (unpaired) electrons. The highest BCUT2D eigenvalue weighted by molar-refractivity contribution is 7.90. The first-order valence-electron chi connectivity index (χ1n) is 2.58. The van der Waals surface area contributed by atoms with Gasteiger partial charge in [-0.25, -0.2) is 4.72 Å². The minimum absolute atomic E-state index is 0.919. The van der Waals surface area contributed by atoms with Gasteiger partial charge in [-0.05, 0) is 0 Å². The van der Waals surface area contributed by atoms with Crippen LogP contribution in [-0.2, 0) is 10.0 Å². The summed E-state index contributed by atoms with van der Waals surface area (Å²) in [4.78, 5) is 2.60. The van der Waals surface area contributed by atoms with Crippen LogP contribution in [-0.4, -0.2) is 35.8 Å². The predicted molar refractivity (Wildman–Crippen MR) is 40.2 cm³/mol. The van der Waals surface area contributed by atoms with Crippen molar-refractivity contribution in [3.8, 4) is 0 Å². The molecule has 0 rings (SSSR count). The Balaban J connectivity index is 4.73. The molecule has 0 aliphatic rings. The van der Waals surface area contributed by atoms with Crippen molar-refractivity contribution in [1.29, 1.82) is 0 Å². The molecule has 0 aliphatic heterocycles. The Morgan fingerprint density at radius 3 is 2.08 bits per heavy atom. The van der Waals surface area contributed by atoms with Crippen molar-refractivity contribution in [3.05, 3.63) is 0 Å². The Morgan fingerprint density at radius 1 is 1.38 bits per heavy atom. The topological polar surface area (TPSA) is 70.6 Å². The Hall–Kier alpha value is -0.860. The average molecular weight is 211 g/mol. The molecule has 0 saturated carbocycles. The van der Waals surface area contributed by atoms with Crippen LogP contribution in [0, 0.1) is 0 Å². The standard InChI is InChI=1S/C2H2B2F3N3O2S/c3-8-1(9-4)10-13(11,12)2(5,6)7/h(H2,8,9,10). The molecular weight excluding hydrogens is 209 g/mol. The fourth-order valence-corrected chi connectivity index (χ4v) is 0.760. The molecule has 0 heterocycles. The van der Waals surface area contributed by atoms with Crippen molar-refractivity contribution in [2.45, 2.75) is 5.51 Å². The van der Waals surface area contributed by atoms with E-state index in [9.17, 15) is 21.6 Å². The van der Waals surface area contributed by atoms with Crippen LogP contribution in [0.4, 0.5) is 13.2 Å². The third-order valence-corrected chi connectivity index (χ3v) is 1.87. The first-order chi connectivity index (χ1) is 5.74. The quantitative estimate of drug-likeness (QED) is 0.316. The molecular formula is C2H2B2F3N3O2S. The zero-order chi connectivity index (χ0) is 10.7. The molecule has 5 nitrogen and oxygen atoms in total. The second kappa shape index (κ2) is 3.90. The fraction of sp³-hybridized carbons (Fsp3) is 0.500. The predicted octanol–water partition coefficient (Wildman–Crippen LogP) is -1.46. The first-order valence-corrected chi connectivity index (χ1v) is 4.06. The second-order valence-electron chi connectivity index (χ2n) is 1.67. The maximum atomic E-state index is 11.7. The van der Waals surface area contributed by atoms with Crippen LogP contribution < -0.4 is 9.95 Å². The smallest absolute Gasteiger partial charge is 0.410 e. The third kappa shape index (κ3) is 3.17. The lowest BCUT2D eigenvalue weighted by molar-refractivity contribution is -0.0442. The van der Waals surface area contributed by atoms with Crippen LogP contribution in [0.3, 0.4) is 0 Å². The minimum atomic E-state index is -5.52. The third-order valence-electron chi connectivity index (χ3n) is 0.802. The van der Waals surface area contributed by atoms with Crippen LogP contribution in [0.2, 0.25) is 0 Å². The van der Waals surface area contributed by atoms with Gasteiger partial charge in [0.05, 0.1) is 0 Å². The summed E-state index contributed by atoms with van der Waals surface area (Å²) in [5.74, 6) is -0.919. The van der Waals surface area contributed by atoms with Gasteiger partial charge in [0.1, 0.15) is 0 Å². The van der Waals surface area contributed by atoms with Gasteiger partial charge in [0.2, 0.25) is 7.98 Å². The van der Waals surface area contributed by atoms with Crippen molar-refractivity contribution >= 4 is 31.9 Å². The molecule has 0 amide bonds. The van der Waals surface area contributed by atoms with Gasteiger partial charge in [-0.3, -0.25) is 0 Å². The summed E-state index contributed by atoms with van der Waals surface area (Å²) in [6.07, 6.45) is 0. The molecule has 0 aromatic rings. The molecule has 2 N–H and O–H groups in total. The van der Waals surface area contributed by atoms with Gasteiger partial charge in [-0.15, -0.1) is 0 Å². The van der Waals surface area contributed by atoms with E-state index in [0.29, 0.717) is 0 Å². The monoisotopic (exact) mass is 211 g/mol. The Morgan fingerprint density at radius 2 is 1.85 bits per heavy atom. The van der Waals surface area contributed by atoms with Crippen LogP contribution in [0.25, 0.3) is 0 Å². The number of alkyl halides is 3. The zero-order valence-corrected chi connectivity index (χ0v) is 6.78. The number of halogens is 3. The number of sulfonamides is 1. The summed E-state index contributed by atoms with van der Waals surface area (Å²) >= 11 is 0. The highest BCUT2D eigenvalue weighted by Crippen LogP contribution is 2.21. The number of nitrogens with one attached hydrogen (secondary N) is 2. The summed E-state index contributed by atoms with van der Waals surface area (Å²) in [6.45, 7) is 0. The zero-order valence-electron chi connectivity index (χ0n) is 5.96. The van der Waals surface area contributed by atoms with E-state index >= 15 is 0 Å². The SMILES string of the molecule is [B]N=C(N[B])NS(=O)(=O)C(F)(F)F. The van der Waals surface area contributed by atoms with E-state index in [0.717, 1.165) is 4.72 Å². The average Bonchev–Trinajstić information content (AvgIpc) is 1.98. The molecule has 0 aromatic carbocycles. The Kier molecular flexibility index (Phi) is 3.64. The van der Waals surface area contributed by atoms with E-state index in [1.165, 1.54) is 5.23 Å². The van der Waals surface area contributed by atoms with Crippen LogP contribution in [0.15, 0.2) is 4.90 Å². The maximum Gasteiger partial charge on any atom is 0.516 e. The molecule has 0 atom stereocenters. The van der Waals surface area contributed by atoms with Gasteiger partial charge in [0, 0.05) is 0 Å². The van der Waals surface area contributed by atoms with Gasteiger partial charge in [-0.1, -0.05) is 0 Å². The van der Waals surface area contributed by atoms with Gasteiger partial charge in [0.15, 0.2) is 5.96 Å².